The summed E-state index contributed by atoms with van der Waals surface area (Å²) in [6, 6.07) is 15.2. The molecule has 1 heterocycles. The summed E-state index contributed by atoms with van der Waals surface area (Å²) >= 11 is 0. The van der Waals surface area contributed by atoms with Gasteiger partial charge in [-0.05, 0) is 29.8 Å². The Morgan fingerprint density at radius 2 is 2.08 bits per heavy atom. The van der Waals surface area contributed by atoms with Gasteiger partial charge in [-0.2, -0.15) is 10.2 Å². The number of rotatable bonds is 5. The van der Waals surface area contributed by atoms with Gasteiger partial charge < -0.3 is 0 Å². The van der Waals surface area contributed by atoms with E-state index in [1.54, 1.807) is 47.3 Å². The molecule has 1 aromatic heterocycles. The van der Waals surface area contributed by atoms with Gasteiger partial charge in [0.05, 0.1) is 12.8 Å². The number of hydrogen-bond donors (Lipinski definition) is 1. The van der Waals surface area contributed by atoms with Crippen molar-refractivity contribution in [2.45, 2.75) is 6.54 Å². The van der Waals surface area contributed by atoms with Gasteiger partial charge in [-0.25, -0.2) is 9.82 Å². The van der Waals surface area contributed by atoms with Crippen molar-refractivity contribution in [2.24, 2.45) is 5.10 Å². The van der Waals surface area contributed by atoms with Crippen molar-refractivity contribution in [2.75, 3.05) is 0 Å². The molecule has 1 amide bonds. The van der Waals surface area contributed by atoms with Crippen molar-refractivity contribution in [3.8, 4) is 0 Å². The zero-order chi connectivity index (χ0) is 16.8. The van der Waals surface area contributed by atoms with Gasteiger partial charge in [0.25, 0.3) is 5.91 Å². The maximum absolute atomic E-state index is 13.5. The van der Waals surface area contributed by atoms with Gasteiger partial charge in [0, 0.05) is 23.5 Å². The molecule has 0 aliphatic carbocycles. The number of carbonyl (C=O) groups is 1. The lowest BCUT2D eigenvalue weighted by Crippen LogP contribution is -2.18. The van der Waals surface area contributed by atoms with Gasteiger partial charge in [0.15, 0.2) is 0 Å². The SMILES string of the molecule is O=C(N/N=C/c1ccccc1F)c1cccc(Cn2cccn2)c1. The molecule has 24 heavy (non-hydrogen) atoms. The molecular weight excluding hydrogens is 307 g/mol. The summed E-state index contributed by atoms with van der Waals surface area (Å²) < 4.78 is 15.2. The van der Waals surface area contributed by atoms with Crippen LogP contribution in [0.5, 0.6) is 0 Å². The van der Waals surface area contributed by atoms with Crippen LogP contribution in [0.3, 0.4) is 0 Å². The molecule has 1 N–H and O–H groups in total. The Kier molecular flexibility index (Phi) is 4.76. The van der Waals surface area contributed by atoms with Crippen LogP contribution in [-0.4, -0.2) is 21.9 Å². The molecule has 3 aromatic rings. The first-order chi connectivity index (χ1) is 11.7. The molecule has 0 radical (unpaired) electrons. The van der Waals surface area contributed by atoms with Gasteiger partial charge in [-0.3, -0.25) is 9.48 Å². The minimum Gasteiger partial charge on any atom is -0.268 e. The maximum atomic E-state index is 13.5. The summed E-state index contributed by atoms with van der Waals surface area (Å²) in [6.45, 7) is 0.576. The van der Waals surface area contributed by atoms with E-state index < -0.39 is 5.82 Å². The minimum absolute atomic E-state index is 0.310. The first-order valence-electron chi connectivity index (χ1n) is 7.37. The van der Waals surface area contributed by atoms with E-state index in [0.29, 0.717) is 17.7 Å². The Bertz CT molecular complexity index is 859. The van der Waals surface area contributed by atoms with E-state index >= 15 is 0 Å². The smallest absolute Gasteiger partial charge is 0.268 e. The number of nitrogens with one attached hydrogen (secondary N) is 1. The average molecular weight is 322 g/mol. The fourth-order valence-electron chi connectivity index (χ4n) is 2.20. The average Bonchev–Trinajstić information content (AvgIpc) is 3.10. The van der Waals surface area contributed by atoms with Crippen LogP contribution in [0.25, 0.3) is 0 Å². The second-order valence-electron chi connectivity index (χ2n) is 5.12. The molecule has 0 aliphatic rings. The number of benzene rings is 2. The molecule has 2 aromatic carbocycles. The number of carbonyl (C=O) groups excluding carboxylic acids is 1. The van der Waals surface area contributed by atoms with Gasteiger partial charge in [0.2, 0.25) is 0 Å². The van der Waals surface area contributed by atoms with Gasteiger partial charge >= 0.3 is 0 Å². The highest BCUT2D eigenvalue weighted by Crippen LogP contribution is 2.07. The summed E-state index contributed by atoms with van der Waals surface area (Å²) in [7, 11) is 0. The topological polar surface area (TPSA) is 59.3 Å². The molecule has 0 saturated heterocycles. The number of amides is 1. The van der Waals surface area contributed by atoms with Crippen LogP contribution in [0, 0.1) is 5.82 Å². The third-order valence-corrected chi connectivity index (χ3v) is 3.37. The molecule has 0 bridgehead atoms. The van der Waals surface area contributed by atoms with Crippen LogP contribution >= 0.6 is 0 Å². The lowest BCUT2D eigenvalue weighted by molar-refractivity contribution is 0.0955. The van der Waals surface area contributed by atoms with Crippen LogP contribution < -0.4 is 5.43 Å². The molecule has 0 atom stereocenters. The van der Waals surface area contributed by atoms with E-state index in [9.17, 15) is 9.18 Å². The summed E-state index contributed by atoms with van der Waals surface area (Å²) in [6.07, 6.45) is 4.83. The van der Waals surface area contributed by atoms with Gasteiger partial charge in [-0.1, -0.05) is 30.3 Å². The Morgan fingerprint density at radius 3 is 2.88 bits per heavy atom. The highest BCUT2D eigenvalue weighted by Gasteiger charge is 2.06. The van der Waals surface area contributed by atoms with Crippen molar-refractivity contribution >= 4 is 12.1 Å². The van der Waals surface area contributed by atoms with E-state index in [2.05, 4.69) is 15.6 Å². The zero-order valence-electron chi connectivity index (χ0n) is 12.8. The zero-order valence-corrected chi connectivity index (χ0v) is 12.8. The van der Waals surface area contributed by atoms with Crippen molar-refractivity contribution in [1.29, 1.82) is 0 Å². The predicted octanol–water partition coefficient (Wildman–Crippen LogP) is 2.83. The molecule has 0 fully saturated rings. The van der Waals surface area contributed by atoms with Crippen LogP contribution in [0.15, 0.2) is 72.1 Å². The normalized spacial score (nSPS) is 10.9. The molecule has 0 unspecified atom stereocenters. The molecule has 0 spiro atoms. The summed E-state index contributed by atoms with van der Waals surface area (Å²) in [5, 5.41) is 7.94. The van der Waals surface area contributed by atoms with E-state index in [1.165, 1.54) is 12.3 Å². The Hall–Kier alpha value is -3.28. The Labute approximate surface area is 138 Å². The second-order valence-corrected chi connectivity index (χ2v) is 5.12. The molecule has 0 aliphatic heterocycles. The summed E-state index contributed by atoms with van der Waals surface area (Å²) in [5.74, 6) is -0.748. The van der Waals surface area contributed by atoms with Gasteiger partial charge in [0.1, 0.15) is 5.82 Å². The van der Waals surface area contributed by atoms with E-state index in [-0.39, 0.29) is 5.91 Å². The molecule has 3 rings (SSSR count). The third-order valence-electron chi connectivity index (χ3n) is 3.37. The number of halogens is 1. The highest BCUT2D eigenvalue weighted by atomic mass is 19.1. The number of hydrogen-bond acceptors (Lipinski definition) is 3. The molecular formula is C18H15FN4O. The minimum atomic E-state index is -0.392. The standard InChI is InChI=1S/C18H15FN4O/c19-17-8-2-1-6-16(17)12-20-22-18(24)15-7-3-5-14(11-15)13-23-10-4-9-21-23/h1-12H,13H2,(H,22,24)/b20-12+. The predicted molar refractivity (Wildman–Crippen MR) is 89.2 cm³/mol. The molecule has 120 valence electrons. The lowest BCUT2D eigenvalue weighted by Gasteiger charge is -2.05. The maximum Gasteiger partial charge on any atom is 0.271 e. The molecule has 6 heteroatoms. The molecule has 5 nitrogen and oxygen atoms in total. The summed E-state index contributed by atoms with van der Waals surface area (Å²) in [5.41, 5.74) is 4.14. The Balaban J connectivity index is 1.66. The lowest BCUT2D eigenvalue weighted by atomic mass is 10.1. The van der Waals surface area contributed by atoms with Crippen LogP contribution in [-0.2, 0) is 6.54 Å². The highest BCUT2D eigenvalue weighted by molar-refractivity contribution is 5.95. The Morgan fingerprint density at radius 1 is 1.21 bits per heavy atom. The van der Waals surface area contributed by atoms with E-state index in [1.807, 2.05) is 18.3 Å². The van der Waals surface area contributed by atoms with E-state index in [4.69, 9.17) is 0 Å². The largest absolute Gasteiger partial charge is 0.271 e. The van der Waals surface area contributed by atoms with Crippen LogP contribution in [0.2, 0.25) is 0 Å². The van der Waals surface area contributed by atoms with Crippen LogP contribution in [0.1, 0.15) is 21.5 Å². The number of nitrogens with zero attached hydrogens (tertiary/aromatic N) is 3. The number of aromatic nitrogens is 2. The fraction of sp³-hybridized carbons (Fsp3) is 0.0556. The fourth-order valence-corrected chi connectivity index (χ4v) is 2.20. The number of hydrazone groups is 1. The monoisotopic (exact) mass is 322 g/mol. The quantitative estimate of drug-likeness (QED) is 0.580. The van der Waals surface area contributed by atoms with Crippen molar-refractivity contribution < 1.29 is 9.18 Å². The second kappa shape index (κ2) is 7.32. The first-order valence-corrected chi connectivity index (χ1v) is 7.37. The van der Waals surface area contributed by atoms with Crippen molar-refractivity contribution in [3.05, 3.63) is 89.5 Å². The van der Waals surface area contributed by atoms with E-state index in [0.717, 1.165) is 5.56 Å². The third kappa shape index (κ3) is 3.92. The summed E-state index contributed by atoms with van der Waals surface area (Å²) in [4.78, 5) is 12.1. The van der Waals surface area contributed by atoms with Crippen molar-refractivity contribution in [1.82, 2.24) is 15.2 Å². The van der Waals surface area contributed by atoms with Gasteiger partial charge in [-0.15, -0.1) is 0 Å². The molecule has 0 saturated carbocycles. The first kappa shape index (κ1) is 15.6. The van der Waals surface area contributed by atoms with Crippen molar-refractivity contribution in [3.63, 3.8) is 0 Å². The van der Waals surface area contributed by atoms with Crippen LogP contribution in [0.4, 0.5) is 4.39 Å².